The fourth-order valence-corrected chi connectivity index (χ4v) is 8.88. The average Bonchev–Trinajstić information content (AvgIpc) is 3.89. The van der Waals surface area contributed by atoms with Gasteiger partial charge in [0.05, 0.1) is 67.4 Å². The Hall–Kier alpha value is -7.86. The van der Waals surface area contributed by atoms with Crippen molar-refractivity contribution in [3.8, 4) is 40.3 Å². The zero-order valence-corrected chi connectivity index (χ0v) is 29.5. The molecule has 254 valence electrons. The molecule has 3 aromatic heterocycles. The SMILES string of the molecule is N#Cc1ccc2c3ccccc3n(-c3c(C#N)cccc3-c3ccccc3-n3c4ccccc4c4cccc(-n5c6ccccc6c6ccccc65)c43)c2c1. The summed E-state index contributed by atoms with van der Waals surface area (Å²) in [5.74, 6) is 0. The summed E-state index contributed by atoms with van der Waals surface area (Å²) in [6.07, 6.45) is 0. The molecule has 0 unspecified atom stereocenters. The number of fused-ring (bicyclic) bond motifs is 9. The molecule has 5 nitrogen and oxygen atoms in total. The Labute approximate surface area is 316 Å². The minimum atomic E-state index is 0.547. The van der Waals surface area contributed by atoms with E-state index in [0.29, 0.717) is 11.1 Å². The topological polar surface area (TPSA) is 62.4 Å². The minimum Gasteiger partial charge on any atom is -0.307 e. The van der Waals surface area contributed by atoms with Gasteiger partial charge in [-0.3, -0.25) is 0 Å². The van der Waals surface area contributed by atoms with Gasteiger partial charge in [0.2, 0.25) is 0 Å². The van der Waals surface area contributed by atoms with Crippen LogP contribution in [0.15, 0.2) is 176 Å². The molecule has 3 heterocycles. The predicted molar refractivity (Wildman–Crippen MR) is 224 cm³/mol. The van der Waals surface area contributed by atoms with Crippen LogP contribution < -0.4 is 0 Å². The molecule has 0 radical (unpaired) electrons. The number of nitriles is 2. The average molecular weight is 700 g/mol. The Morgan fingerprint density at radius 2 is 0.836 bits per heavy atom. The van der Waals surface area contributed by atoms with Crippen molar-refractivity contribution in [3.63, 3.8) is 0 Å². The van der Waals surface area contributed by atoms with Gasteiger partial charge in [0.25, 0.3) is 0 Å². The first-order valence-electron chi connectivity index (χ1n) is 18.3. The number of hydrogen-bond donors (Lipinski definition) is 0. The maximum Gasteiger partial charge on any atom is 0.101 e. The Kier molecular flexibility index (Phi) is 6.61. The van der Waals surface area contributed by atoms with E-state index in [1.165, 1.54) is 10.8 Å². The molecule has 0 atom stereocenters. The normalized spacial score (nSPS) is 11.6. The highest BCUT2D eigenvalue weighted by Gasteiger charge is 2.24. The van der Waals surface area contributed by atoms with E-state index in [4.69, 9.17) is 0 Å². The summed E-state index contributed by atoms with van der Waals surface area (Å²) in [6, 6.07) is 65.9. The van der Waals surface area contributed by atoms with Crippen LogP contribution >= 0.6 is 0 Å². The van der Waals surface area contributed by atoms with E-state index in [0.717, 1.165) is 82.8 Å². The number of hydrogen-bond acceptors (Lipinski definition) is 2. The number of benzene rings is 8. The van der Waals surface area contributed by atoms with Crippen molar-refractivity contribution in [2.45, 2.75) is 0 Å². The van der Waals surface area contributed by atoms with Crippen molar-refractivity contribution in [2.24, 2.45) is 0 Å². The molecule has 0 fully saturated rings. The van der Waals surface area contributed by atoms with Crippen LogP contribution in [0.1, 0.15) is 11.1 Å². The summed E-state index contributed by atoms with van der Waals surface area (Å²) in [5.41, 5.74) is 12.2. The Bertz CT molecular complexity index is 3420. The molecule has 8 aromatic carbocycles. The lowest BCUT2D eigenvalue weighted by atomic mass is 9.98. The van der Waals surface area contributed by atoms with Crippen molar-refractivity contribution in [3.05, 3.63) is 187 Å². The van der Waals surface area contributed by atoms with Gasteiger partial charge in [-0.15, -0.1) is 0 Å². The van der Waals surface area contributed by atoms with Crippen LogP contribution in [0.4, 0.5) is 0 Å². The standard InChI is InChI=1S/C50H29N5/c51-30-32-27-28-39-36-16-3-8-23-44(36)55(48(39)29-32)49-33(31-52)13-11-19-40(49)37-17-4-9-24-45(37)54-46-25-10-5-18-38(46)41-20-12-26-47(50(41)54)53-42-21-6-1-14-34(42)35-15-2-7-22-43(35)53/h1-29H. The molecule has 0 aliphatic heterocycles. The van der Waals surface area contributed by atoms with Gasteiger partial charge in [-0.05, 0) is 54.6 Å². The zero-order chi connectivity index (χ0) is 36.6. The van der Waals surface area contributed by atoms with Gasteiger partial charge in [0.1, 0.15) is 6.07 Å². The molecule has 0 aliphatic rings. The molecule has 11 rings (SSSR count). The molecule has 0 saturated heterocycles. The largest absolute Gasteiger partial charge is 0.307 e. The highest BCUT2D eigenvalue weighted by molar-refractivity contribution is 6.16. The molecular weight excluding hydrogens is 671 g/mol. The fourth-order valence-electron chi connectivity index (χ4n) is 8.88. The molecular formula is C50H29N5. The smallest absolute Gasteiger partial charge is 0.101 e. The molecule has 55 heavy (non-hydrogen) atoms. The maximum absolute atomic E-state index is 10.8. The first kappa shape index (κ1) is 30.7. The van der Waals surface area contributed by atoms with Gasteiger partial charge < -0.3 is 13.7 Å². The van der Waals surface area contributed by atoms with Crippen molar-refractivity contribution in [2.75, 3.05) is 0 Å². The Morgan fingerprint density at radius 3 is 1.49 bits per heavy atom. The number of para-hydroxylation sites is 7. The molecule has 0 bridgehead atoms. The Balaban J connectivity index is 1.27. The van der Waals surface area contributed by atoms with Crippen LogP contribution in [0.2, 0.25) is 0 Å². The summed E-state index contributed by atoms with van der Waals surface area (Å²) in [7, 11) is 0. The van der Waals surface area contributed by atoms with Crippen LogP contribution in [0.5, 0.6) is 0 Å². The first-order chi connectivity index (χ1) is 27.2. The quantitative estimate of drug-likeness (QED) is 0.184. The third-order valence-electron chi connectivity index (χ3n) is 11.1. The predicted octanol–water partition coefficient (Wildman–Crippen LogP) is 12.4. The zero-order valence-electron chi connectivity index (χ0n) is 29.5. The van der Waals surface area contributed by atoms with Gasteiger partial charge in [-0.25, -0.2) is 0 Å². The maximum atomic E-state index is 10.8. The first-order valence-corrected chi connectivity index (χ1v) is 18.3. The molecule has 0 amide bonds. The Morgan fingerprint density at radius 1 is 0.345 bits per heavy atom. The lowest BCUT2D eigenvalue weighted by Gasteiger charge is -2.20. The van der Waals surface area contributed by atoms with E-state index < -0.39 is 0 Å². The van der Waals surface area contributed by atoms with Gasteiger partial charge in [0.15, 0.2) is 0 Å². The third kappa shape index (κ3) is 4.33. The molecule has 0 N–H and O–H groups in total. The van der Waals surface area contributed by atoms with Gasteiger partial charge in [-0.2, -0.15) is 10.5 Å². The number of nitrogens with zero attached hydrogens (tertiary/aromatic N) is 5. The number of rotatable bonds is 4. The van der Waals surface area contributed by atoms with Crippen molar-refractivity contribution in [1.29, 1.82) is 10.5 Å². The second-order valence-electron chi connectivity index (χ2n) is 13.9. The summed E-state index contributed by atoms with van der Waals surface area (Å²) in [6.45, 7) is 0. The molecule has 0 saturated carbocycles. The van der Waals surface area contributed by atoms with Crippen molar-refractivity contribution >= 4 is 65.4 Å². The van der Waals surface area contributed by atoms with Gasteiger partial charge in [-0.1, -0.05) is 121 Å². The van der Waals surface area contributed by atoms with E-state index in [1.54, 1.807) is 0 Å². The van der Waals surface area contributed by atoms with Crippen molar-refractivity contribution in [1.82, 2.24) is 13.7 Å². The molecule has 0 spiro atoms. The summed E-state index contributed by atoms with van der Waals surface area (Å²) in [5, 5.41) is 27.6. The van der Waals surface area contributed by atoms with Crippen LogP contribution in [-0.2, 0) is 0 Å². The summed E-state index contributed by atoms with van der Waals surface area (Å²) in [4.78, 5) is 0. The van der Waals surface area contributed by atoms with Crippen molar-refractivity contribution < 1.29 is 0 Å². The second-order valence-corrected chi connectivity index (χ2v) is 13.9. The lowest BCUT2D eigenvalue weighted by Crippen LogP contribution is -2.05. The second kappa shape index (κ2) is 11.8. The molecule has 5 heteroatoms. The molecule has 0 aliphatic carbocycles. The highest BCUT2D eigenvalue weighted by Crippen LogP contribution is 2.44. The van der Waals surface area contributed by atoms with E-state index in [1.807, 2.05) is 42.5 Å². The van der Waals surface area contributed by atoms with Gasteiger partial charge >= 0.3 is 0 Å². The van der Waals surface area contributed by atoms with Crippen LogP contribution in [0.25, 0.3) is 93.6 Å². The van der Waals surface area contributed by atoms with E-state index >= 15 is 0 Å². The highest BCUT2D eigenvalue weighted by atomic mass is 15.1. The molecule has 11 aromatic rings. The van der Waals surface area contributed by atoms with E-state index in [9.17, 15) is 10.5 Å². The van der Waals surface area contributed by atoms with Crippen LogP contribution in [0.3, 0.4) is 0 Å². The monoisotopic (exact) mass is 699 g/mol. The van der Waals surface area contributed by atoms with Gasteiger partial charge in [0, 0.05) is 43.4 Å². The summed E-state index contributed by atoms with van der Waals surface area (Å²) >= 11 is 0. The van der Waals surface area contributed by atoms with Crippen LogP contribution in [0, 0.1) is 22.7 Å². The third-order valence-corrected chi connectivity index (χ3v) is 11.1. The summed E-state index contributed by atoms with van der Waals surface area (Å²) < 4.78 is 6.98. The number of aromatic nitrogens is 3. The lowest BCUT2D eigenvalue weighted by molar-refractivity contribution is 1.13. The minimum absolute atomic E-state index is 0.547. The fraction of sp³-hybridized carbons (Fsp3) is 0. The van der Waals surface area contributed by atoms with E-state index in [-0.39, 0.29) is 0 Å². The van der Waals surface area contributed by atoms with E-state index in [2.05, 4.69) is 159 Å². The van der Waals surface area contributed by atoms with Crippen LogP contribution in [-0.4, -0.2) is 13.7 Å².